The molecule has 0 saturated carbocycles. The predicted molar refractivity (Wildman–Crippen MR) is 23.1 cm³/mol. The first-order valence-corrected chi connectivity index (χ1v) is 2.16. The average Bonchev–Trinajstić information content (AvgIpc) is 1.35. The molecule has 44 valence electrons. The quantitative estimate of drug-likeness (QED) is 0.476. The summed E-state index contributed by atoms with van der Waals surface area (Å²) in [5, 5.41) is 9.37. The molecule has 0 radical (unpaired) electrons. The number of hydrogen-bond acceptors (Lipinski definition) is 2. The number of hydrogen-bond donors (Lipinski definition) is 0. The van der Waals surface area contributed by atoms with Gasteiger partial charge in [-0.25, -0.2) is 0 Å². The van der Waals surface area contributed by atoms with Gasteiger partial charge >= 0.3 is 22.4 Å². The number of carboxylic acids is 1. The molecule has 0 aliphatic heterocycles. The Hall–Kier alpha value is 0.430. The number of aliphatic carboxylic acids is 1. The number of carbonyl (C=O) groups excluding carboxylic acids is 1. The molecule has 0 spiro atoms. The van der Waals surface area contributed by atoms with E-state index in [2.05, 4.69) is 15.9 Å². The number of carbonyl (C=O) groups is 1. The summed E-state index contributed by atoms with van der Waals surface area (Å²) in [4.78, 5) is 10.6. The maximum Gasteiger partial charge on any atom is 1.00 e. The molecule has 0 saturated heterocycles. The Balaban J connectivity index is 0. The Morgan fingerprint density at radius 3 is 2.14 bits per heavy atom. The maximum atomic E-state index is 9.37. The fraction of sp³-hybridized carbons (Fsp3) is 0. The zero-order valence-electron chi connectivity index (χ0n) is 3.15. The molecule has 0 aliphatic rings. The van der Waals surface area contributed by atoms with Gasteiger partial charge in [-0.3, -0.25) is 0 Å². The molecule has 0 atom stereocenters. The van der Waals surface area contributed by atoms with Crippen LogP contribution in [0.5, 0.6) is 0 Å². The average molecular weight is 258 g/mol. The van der Waals surface area contributed by atoms with Crippen molar-refractivity contribution < 1.29 is 32.3 Å². The topological polar surface area (TPSA) is 40.1 Å². The summed E-state index contributed by atoms with van der Waals surface area (Å²) < 4.78 is 0. The van der Waals surface area contributed by atoms with Gasteiger partial charge < -0.3 is 9.90 Å². The van der Waals surface area contributed by atoms with Crippen LogP contribution in [0.3, 0.4) is 0 Å². The number of carboxylic acid groups (broad SMARTS) is 1. The van der Waals surface area contributed by atoms with E-state index in [0.717, 1.165) is 6.08 Å². The smallest absolute Gasteiger partial charge is 0.545 e. The van der Waals surface area contributed by atoms with Gasteiger partial charge in [0.15, 0.2) is 0 Å². The van der Waals surface area contributed by atoms with Crippen molar-refractivity contribution in [3.05, 3.63) is 11.1 Å². The first-order valence-electron chi connectivity index (χ1n) is 1.25. The van der Waals surface area contributed by atoms with E-state index in [4.69, 9.17) is 0 Å². The molecule has 0 aromatic carbocycles. The van der Waals surface area contributed by atoms with Crippen molar-refractivity contribution in [1.29, 1.82) is 0 Å². The number of rotatable bonds is 1. The Morgan fingerprint density at radius 1 is 1.71 bits per heavy atom. The second-order valence-corrected chi connectivity index (χ2v) is 1.14. The molecule has 0 aliphatic carbocycles. The minimum absolute atomic E-state index is 0. The molecule has 0 amide bonds. The second kappa shape index (κ2) is 6.43. The van der Waals surface area contributed by atoms with Gasteiger partial charge in [-0.1, -0.05) is 15.9 Å². The van der Waals surface area contributed by atoms with Crippen molar-refractivity contribution in [1.82, 2.24) is 0 Å². The SMILES string of the molecule is O=C([O-])C=CBr.[Ag+]. The van der Waals surface area contributed by atoms with Gasteiger partial charge in [0.1, 0.15) is 0 Å². The zero-order chi connectivity index (χ0) is 4.99. The van der Waals surface area contributed by atoms with Crippen molar-refractivity contribution in [3.8, 4) is 0 Å². The summed E-state index contributed by atoms with van der Waals surface area (Å²) in [6, 6.07) is 0. The van der Waals surface area contributed by atoms with Gasteiger partial charge in [0, 0.05) is 0 Å². The van der Waals surface area contributed by atoms with E-state index < -0.39 is 5.97 Å². The molecule has 7 heavy (non-hydrogen) atoms. The molecule has 0 N–H and O–H groups in total. The summed E-state index contributed by atoms with van der Waals surface area (Å²) in [6.07, 6.45) is 0.889. The van der Waals surface area contributed by atoms with Crippen LogP contribution < -0.4 is 5.11 Å². The molecular weight excluding hydrogens is 256 g/mol. The standard InChI is InChI=1S/C3H3BrO2.Ag/c4-2-1-3(5)6;/h1-2H,(H,5,6);/q;+1/p-1. The van der Waals surface area contributed by atoms with Crippen LogP contribution in [-0.2, 0) is 27.2 Å². The first kappa shape index (κ1) is 10.4. The molecule has 4 heteroatoms. The third kappa shape index (κ3) is 10.7. The Labute approximate surface area is 65.2 Å². The zero-order valence-corrected chi connectivity index (χ0v) is 6.22. The minimum Gasteiger partial charge on any atom is -0.545 e. The molecule has 0 bridgehead atoms. The Morgan fingerprint density at radius 2 is 2.14 bits per heavy atom. The molecule has 0 aromatic heterocycles. The molecule has 0 rings (SSSR count). The van der Waals surface area contributed by atoms with Crippen LogP contribution >= 0.6 is 15.9 Å². The fourth-order valence-electron chi connectivity index (χ4n) is 0.0514. The van der Waals surface area contributed by atoms with Crippen LogP contribution in [0.2, 0.25) is 0 Å². The maximum absolute atomic E-state index is 9.37. The van der Waals surface area contributed by atoms with E-state index in [1.165, 1.54) is 4.99 Å². The summed E-state index contributed by atoms with van der Waals surface area (Å²) in [5.74, 6) is -1.19. The number of halogens is 1. The normalized spacial score (nSPS) is 8.14. The molecule has 0 unspecified atom stereocenters. The van der Waals surface area contributed by atoms with Gasteiger partial charge in [0.2, 0.25) is 0 Å². The summed E-state index contributed by atoms with van der Waals surface area (Å²) >= 11 is 2.75. The molecule has 2 nitrogen and oxygen atoms in total. The second-order valence-electron chi connectivity index (χ2n) is 0.612. The predicted octanol–water partition coefficient (Wildman–Crippen LogP) is -0.358. The molecule has 0 aromatic rings. The third-order valence-electron chi connectivity index (χ3n) is 0.199. The molecule has 0 heterocycles. The van der Waals surface area contributed by atoms with E-state index in [1.54, 1.807) is 0 Å². The van der Waals surface area contributed by atoms with E-state index in [-0.39, 0.29) is 22.4 Å². The van der Waals surface area contributed by atoms with Crippen LogP contribution in [0.1, 0.15) is 0 Å². The van der Waals surface area contributed by atoms with Crippen molar-refractivity contribution >= 4 is 21.9 Å². The van der Waals surface area contributed by atoms with Gasteiger partial charge in [0.25, 0.3) is 0 Å². The third-order valence-corrected chi connectivity index (χ3v) is 0.463. The van der Waals surface area contributed by atoms with E-state index in [9.17, 15) is 9.90 Å². The Kier molecular flexibility index (Phi) is 9.57. The van der Waals surface area contributed by atoms with Crippen LogP contribution in [0.15, 0.2) is 11.1 Å². The van der Waals surface area contributed by atoms with Gasteiger partial charge in [-0.2, -0.15) is 0 Å². The van der Waals surface area contributed by atoms with E-state index in [0.29, 0.717) is 0 Å². The Bertz CT molecular complexity index is 81.0. The summed E-state index contributed by atoms with van der Waals surface area (Å²) in [6.45, 7) is 0. The first-order chi connectivity index (χ1) is 2.77. The van der Waals surface area contributed by atoms with Crippen LogP contribution in [-0.4, -0.2) is 5.97 Å². The van der Waals surface area contributed by atoms with E-state index >= 15 is 0 Å². The van der Waals surface area contributed by atoms with Gasteiger partial charge in [-0.15, -0.1) is 0 Å². The monoisotopic (exact) mass is 256 g/mol. The summed E-state index contributed by atoms with van der Waals surface area (Å²) in [7, 11) is 0. The fourth-order valence-corrected chi connectivity index (χ4v) is 0.267. The largest absolute Gasteiger partial charge is 1.00 e. The van der Waals surface area contributed by atoms with Crippen LogP contribution in [0.25, 0.3) is 0 Å². The van der Waals surface area contributed by atoms with E-state index in [1.807, 2.05) is 0 Å². The molecule has 0 fully saturated rings. The van der Waals surface area contributed by atoms with Gasteiger partial charge in [0.05, 0.1) is 5.97 Å². The van der Waals surface area contributed by atoms with Crippen LogP contribution in [0, 0.1) is 0 Å². The van der Waals surface area contributed by atoms with Crippen molar-refractivity contribution in [2.24, 2.45) is 0 Å². The van der Waals surface area contributed by atoms with Crippen molar-refractivity contribution in [2.75, 3.05) is 0 Å². The van der Waals surface area contributed by atoms with Crippen molar-refractivity contribution in [3.63, 3.8) is 0 Å². The van der Waals surface area contributed by atoms with Crippen LogP contribution in [0.4, 0.5) is 0 Å². The molecular formula is C3H2AgBrO2. The van der Waals surface area contributed by atoms with Gasteiger partial charge in [-0.05, 0) is 11.1 Å². The minimum atomic E-state index is -1.19. The van der Waals surface area contributed by atoms with Crippen molar-refractivity contribution in [2.45, 2.75) is 0 Å². The summed E-state index contributed by atoms with van der Waals surface area (Å²) in [5.41, 5.74) is 0.